The predicted octanol–water partition coefficient (Wildman–Crippen LogP) is 2.51. The average Bonchev–Trinajstić information content (AvgIpc) is 1.94. The molecule has 74 valence electrons. The Labute approximate surface area is 133 Å². The maximum absolute atomic E-state index is 10.7. The Morgan fingerprint density at radius 2 is 1.43 bits per heavy atom. The van der Waals surface area contributed by atoms with E-state index in [1.165, 1.54) is 0 Å². The molecule has 1 N–H and O–H groups in total. The molecule has 0 aliphatic carbocycles. The molecule has 1 aromatic rings. The Kier molecular flexibility index (Phi) is 6.31. The molecule has 3 nitrogen and oxygen atoms in total. The van der Waals surface area contributed by atoms with E-state index in [4.69, 9.17) is 39.4 Å². The van der Waals surface area contributed by atoms with Crippen LogP contribution in [0.2, 0.25) is 15.1 Å². The normalized spacial score (nSPS) is 10.9. The van der Waals surface area contributed by atoms with Gasteiger partial charge in [-0.15, -0.1) is 0 Å². The molecule has 0 saturated heterocycles. The van der Waals surface area contributed by atoms with Crippen LogP contribution in [0.5, 0.6) is 0 Å². The zero-order valence-electron chi connectivity index (χ0n) is 6.67. The van der Waals surface area contributed by atoms with Gasteiger partial charge in [0.25, 0.3) is 10.1 Å². The van der Waals surface area contributed by atoms with Crippen molar-refractivity contribution >= 4 is 90.4 Å². The molecule has 0 heterocycles. The van der Waals surface area contributed by atoms with Gasteiger partial charge in [0.05, 0.1) is 15.1 Å². The van der Waals surface area contributed by atoms with Gasteiger partial charge < -0.3 is 0 Å². The van der Waals surface area contributed by atoms with E-state index in [1.807, 2.05) is 0 Å². The molecule has 14 heavy (non-hydrogen) atoms. The smallest absolute Gasteiger partial charge is 0.282 e. The van der Waals surface area contributed by atoms with Crippen molar-refractivity contribution in [2.24, 2.45) is 0 Å². The van der Waals surface area contributed by atoms with Gasteiger partial charge in [-0.25, -0.2) is 0 Å². The maximum Gasteiger partial charge on any atom is 0.296 e. The van der Waals surface area contributed by atoms with Gasteiger partial charge in [-0.05, 0) is 12.1 Å². The number of hydrogen-bond acceptors (Lipinski definition) is 2. The molecular weight excluding hydrogens is 346 g/mol. The molecule has 0 amide bonds. The maximum atomic E-state index is 10.7. The summed E-state index contributed by atoms with van der Waals surface area (Å²) in [6.07, 6.45) is 0. The number of rotatable bonds is 1. The van der Waals surface area contributed by atoms with E-state index in [-0.39, 0.29) is 60.5 Å². The molecule has 0 aromatic heterocycles. The molecule has 8 heteroatoms. The van der Waals surface area contributed by atoms with Crippen molar-refractivity contribution in [3.05, 3.63) is 27.2 Å². The van der Waals surface area contributed by atoms with Gasteiger partial charge in [0.1, 0.15) is 4.90 Å². The molecule has 0 bridgehead atoms. The van der Waals surface area contributed by atoms with Crippen molar-refractivity contribution in [2.45, 2.75) is 4.90 Å². The number of hydrogen-bond donors (Lipinski definition) is 1. The third kappa shape index (κ3) is 3.81. The molecular formula is C6H3Cl3O3SSr. The van der Waals surface area contributed by atoms with Crippen LogP contribution in [-0.4, -0.2) is 58.5 Å². The fraction of sp³-hybridized carbons (Fsp3) is 0. The first-order chi connectivity index (χ1) is 5.82. The largest absolute Gasteiger partial charge is 0.296 e. The topological polar surface area (TPSA) is 54.4 Å². The fourth-order valence-corrected chi connectivity index (χ4v) is 2.18. The Morgan fingerprint density at radius 1 is 1.00 bits per heavy atom. The molecule has 0 saturated carbocycles. The molecule has 0 fully saturated rings. The van der Waals surface area contributed by atoms with E-state index in [0.29, 0.717) is 0 Å². The minimum Gasteiger partial charge on any atom is -0.282 e. The molecule has 0 aliphatic heterocycles. The van der Waals surface area contributed by atoms with Crippen LogP contribution in [0.25, 0.3) is 0 Å². The van der Waals surface area contributed by atoms with Crippen LogP contribution < -0.4 is 0 Å². The van der Waals surface area contributed by atoms with Crippen molar-refractivity contribution in [1.82, 2.24) is 0 Å². The molecule has 1 rings (SSSR count). The Bertz CT molecular complexity index is 446. The SMILES string of the molecule is O=S(=O)(O)c1cc(Cl)c(Cl)cc1Cl.[Sr]. The van der Waals surface area contributed by atoms with Crippen molar-refractivity contribution < 1.29 is 13.0 Å². The van der Waals surface area contributed by atoms with E-state index in [9.17, 15) is 8.42 Å². The second-order valence-electron chi connectivity index (χ2n) is 2.17. The van der Waals surface area contributed by atoms with Crippen LogP contribution in [-0.2, 0) is 10.1 Å². The summed E-state index contributed by atoms with van der Waals surface area (Å²) in [6.45, 7) is 0. The summed E-state index contributed by atoms with van der Waals surface area (Å²) in [5.74, 6) is 0. The van der Waals surface area contributed by atoms with Crippen molar-refractivity contribution in [2.75, 3.05) is 0 Å². The molecule has 0 aliphatic rings. The summed E-state index contributed by atoms with van der Waals surface area (Å²) >= 11 is 16.6. The molecule has 0 atom stereocenters. The Balaban J connectivity index is 0.00000169. The van der Waals surface area contributed by atoms with Gasteiger partial charge in [-0.3, -0.25) is 4.55 Å². The number of halogens is 3. The summed E-state index contributed by atoms with van der Waals surface area (Å²) in [5.41, 5.74) is 0. The van der Waals surface area contributed by atoms with Gasteiger partial charge in [0.2, 0.25) is 0 Å². The van der Waals surface area contributed by atoms with Gasteiger partial charge in [-0.1, -0.05) is 34.8 Å². The Hall–Kier alpha value is 1.48. The summed E-state index contributed by atoms with van der Waals surface area (Å²) in [5, 5.41) is -0.0327. The first kappa shape index (κ1) is 15.5. The molecule has 2 radical (unpaired) electrons. The van der Waals surface area contributed by atoms with Gasteiger partial charge in [0.15, 0.2) is 0 Å². The van der Waals surface area contributed by atoms with Gasteiger partial charge in [-0.2, -0.15) is 8.42 Å². The van der Waals surface area contributed by atoms with Crippen molar-refractivity contribution in [1.29, 1.82) is 0 Å². The molecule has 0 unspecified atom stereocenters. The van der Waals surface area contributed by atoms with Crippen LogP contribution in [0.3, 0.4) is 0 Å². The van der Waals surface area contributed by atoms with Crippen LogP contribution in [0.1, 0.15) is 0 Å². The van der Waals surface area contributed by atoms with Crippen molar-refractivity contribution in [3.63, 3.8) is 0 Å². The van der Waals surface area contributed by atoms with Crippen LogP contribution in [0, 0.1) is 0 Å². The zero-order chi connectivity index (χ0) is 10.2. The standard InChI is InChI=1S/C6H3Cl3O3S.Sr/c7-3-1-5(9)6(2-4(3)8)13(10,11)12;/h1-2H,(H,10,11,12);. The number of benzene rings is 1. The van der Waals surface area contributed by atoms with Crippen molar-refractivity contribution in [3.8, 4) is 0 Å². The predicted molar refractivity (Wildman–Crippen MR) is 57.0 cm³/mol. The first-order valence-electron chi connectivity index (χ1n) is 2.94. The van der Waals surface area contributed by atoms with Crippen LogP contribution >= 0.6 is 34.8 Å². The average molecular weight is 349 g/mol. The fourth-order valence-electron chi connectivity index (χ4n) is 0.702. The monoisotopic (exact) mass is 348 g/mol. The quantitative estimate of drug-likeness (QED) is 0.482. The summed E-state index contributed by atoms with van der Waals surface area (Å²) in [7, 11) is -4.35. The second kappa shape index (κ2) is 5.70. The first-order valence-corrected chi connectivity index (χ1v) is 5.52. The van der Waals surface area contributed by atoms with E-state index in [1.54, 1.807) is 0 Å². The van der Waals surface area contributed by atoms with Crippen LogP contribution in [0.4, 0.5) is 0 Å². The van der Waals surface area contributed by atoms with E-state index in [2.05, 4.69) is 0 Å². The van der Waals surface area contributed by atoms with Gasteiger partial charge in [0, 0.05) is 45.5 Å². The van der Waals surface area contributed by atoms with Gasteiger partial charge >= 0.3 is 0 Å². The molecule has 1 aromatic carbocycles. The summed E-state index contributed by atoms with van der Waals surface area (Å²) in [4.78, 5) is -0.455. The Morgan fingerprint density at radius 3 is 1.86 bits per heavy atom. The van der Waals surface area contributed by atoms with Crippen LogP contribution in [0.15, 0.2) is 17.0 Å². The van der Waals surface area contributed by atoms with E-state index >= 15 is 0 Å². The third-order valence-electron chi connectivity index (χ3n) is 1.25. The van der Waals surface area contributed by atoms with E-state index in [0.717, 1.165) is 12.1 Å². The molecule has 0 spiro atoms. The second-order valence-corrected chi connectivity index (χ2v) is 4.78. The van der Waals surface area contributed by atoms with E-state index < -0.39 is 15.0 Å². The minimum atomic E-state index is -4.35. The zero-order valence-corrected chi connectivity index (χ0v) is 13.2. The third-order valence-corrected chi connectivity index (χ3v) is 3.29. The minimum absolute atomic E-state index is 0. The summed E-state index contributed by atoms with van der Waals surface area (Å²) in [6, 6.07) is 2.14. The summed E-state index contributed by atoms with van der Waals surface area (Å²) < 4.78 is 30.0.